The van der Waals surface area contributed by atoms with Gasteiger partial charge in [0, 0.05) is 18.7 Å². The van der Waals surface area contributed by atoms with Gasteiger partial charge in [-0.1, -0.05) is 13.8 Å². The van der Waals surface area contributed by atoms with Gasteiger partial charge in [-0.3, -0.25) is 14.9 Å². The standard InChI is InChI=1S/C18H23F3N2O5/c1-11(2)10-14(16(26)22-9-3-4-15(24)25)28-17(27)23-13-7-5-12(6-8-13)18(19,20)21/h5-8,11,14H,3-4,9-10H2,1-2H3,(H,22,26)(H,23,27)(H,24,25)/t14-/m0/s1. The molecule has 0 fully saturated rings. The van der Waals surface area contributed by atoms with Crippen LogP contribution in [0.4, 0.5) is 23.7 Å². The first-order valence-corrected chi connectivity index (χ1v) is 8.63. The molecule has 7 nitrogen and oxygen atoms in total. The number of alkyl halides is 3. The van der Waals surface area contributed by atoms with Gasteiger partial charge in [0.05, 0.1) is 5.56 Å². The Kier molecular flexibility index (Phi) is 8.75. The Morgan fingerprint density at radius 1 is 1.14 bits per heavy atom. The van der Waals surface area contributed by atoms with Crippen molar-refractivity contribution in [2.24, 2.45) is 5.92 Å². The van der Waals surface area contributed by atoms with Gasteiger partial charge in [-0.2, -0.15) is 13.2 Å². The largest absolute Gasteiger partial charge is 0.481 e. The minimum atomic E-state index is -4.49. The van der Waals surface area contributed by atoms with E-state index in [2.05, 4.69) is 10.6 Å². The highest BCUT2D eigenvalue weighted by atomic mass is 19.4. The van der Waals surface area contributed by atoms with E-state index >= 15 is 0 Å². The molecule has 0 bridgehead atoms. The van der Waals surface area contributed by atoms with Crippen LogP contribution in [0.25, 0.3) is 0 Å². The normalized spacial score (nSPS) is 12.4. The van der Waals surface area contributed by atoms with Crippen LogP contribution in [0.5, 0.6) is 0 Å². The molecule has 1 rings (SSSR count). The molecule has 0 aromatic heterocycles. The Bertz CT molecular complexity index is 675. The highest BCUT2D eigenvalue weighted by Gasteiger charge is 2.30. The molecule has 0 unspecified atom stereocenters. The summed E-state index contributed by atoms with van der Waals surface area (Å²) in [7, 11) is 0. The minimum Gasteiger partial charge on any atom is -0.481 e. The van der Waals surface area contributed by atoms with Gasteiger partial charge in [0.25, 0.3) is 5.91 Å². The van der Waals surface area contributed by atoms with E-state index < -0.39 is 35.8 Å². The molecule has 0 saturated heterocycles. The van der Waals surface area contributed by atoms with Crippen LogP contribution in [-0.4, -0.2) is 35.7 Å². The van der Waals surface area contributed by atoms with E-state index in [1.165, 1.54) is 0 Å². The van der Waals surface area contributed by atoms with E-state index in [1.807, 2.05) is 13.8 Å². The Balaban J connectivity index is 2.63. The van der Waals surface area contributed by atoms with E-state index in [0.717, 1.165) is 24.3 Å². The molecule has 0 spiro atoms. The van der Waals surface area contributed by atoms with Gasteiger partial charge >= 0.3 is 18.2 Å². The third kappa shape index (κ3) is 8.74. The lowest BCUT2D eigenvalue weighted by Crippen LogP contribution is -2.40. The Morgan fingerprint density at radius 3 is 2.25 bits per heavy atom. The third-order valence-electron chi connectivity index (χ3n) is 3.55. The number of carbonyl (C=O) groups is 3. The second-order valence-corrected chi connectivity index (χ2v) is 6.51. The molecular formula is C18H23F3N2O5. The molecule has 1 aromatic carbocycles. The van der Waals surface area contributed by atoms with Gasteiger partial charge in [-0.15, -0.1) is 0 Å². The maximum atomic E-state index is 12.5. The molecule has 0 radical (unpaired) electrons. The molecular weight excluding hydrogens is 381 g/mol. The number of nitrogens with one attached hydrogen (secondary N) is 2. The zero-order valence-electron chi connectivity index (χ0n) is 15.5. The number of carboxylic acid groups (broad SMARTS) is 1. The average molecular weight is 404 g/mol. The predicted octanol–water partition coefficient (Wildman–Crippen LogP) is 3.65. The summed E-state index contributed by atoms with van der Waals surface area (Å²) in [4.78, 5) is 34.6. The first-order valence-electron chi connectivity index (χ1n) is 8.63. The van der Waals surface area contributed by atoms with Gasteiger partial charge < -0.3 is 15.2 Å². The molecule has 0 heterocycles. The van der Waals surface area contributed by atoms with E-state index in [1.54, 1.807) is 0 Å². The minimum absolute atomic E-state index is 0.0219. The van der Waals surface area contributed by atoms with Crippen molar-refractivity contribution in [3.8, 4) is 0 Å². The van der Waals surface area contributed by atoms with Crippen molar-refractivity contribution in [1.29, 1.82) is 0 Å². The SMILES string of the molecule is CC(C)C[C@H](OC(=O)Nc1ccc(C(F)(F)F)cc1)C(=O)NCCCC(=O)O. The second-order valence-electron chi connectivity index (χ2n) is 6.51. The zero-order chi connectivity index (χ0) is 21.3. The van der Waals surface area contributed by atoms with E-state index in [0.29, 0.717) is 0 Å². The van der Waals surface area contributed by atoms with Crippen LogP contribution in [0.3, 0.4) is 0 Å². The fraction of sp³-hybridized carbons (Fsp3) is 0.500. The molecule has 2 amide bonds. The summed E-state index contributed by atoms with van der Waals surface area (Å²) in [5.74, 6) is -1.53. The average Bonchev–Trinajstić information content (AvgIpc) is 2.57. The number of aliphatic carboxylic acids is 1. The second kappa shape index (κ2) is 10.5. The highest BCUT2D eigenvalue weighted by Crippen LogP contribution is 2.29. The summed E-state index contributed by atoms with van der Waals surface area (Å²) in [5, 5.41) is 13.4. The summed E-state index contributed by atoms with van der Waals surface area (Å²) < 4.78 is 42.7. The Morgan fingerprint density at radius 2 is 1.75 bits per heavy atom. The lowest BCUT2D eigenvalue weighted by Gasteiger charge is -2.19. The van der Waals surface area contributed by atoms with Gasteiger partial charge in [0.2, 0.25) is 0 Å². The number of hydrogen-bond donors (Lipinski definition) is 3. The molecule has 28 heavy (non-hydrogen) atoms. The van der Waals surface area contributed by atoms with Gasteiger partial charge in [-0.25, -0.2) is 4.79 Å². The quantitative estimate of drug-likeness (QED) is 0.545. The molecule has 0 aliphatic heterocycles. The summed E-state index contributed by atoms with van der Waals surface area (Å²) >= 11 is 0. The Labute approximate surface area is 160 Å². The molecule has 1 aromatic rings. The number of carboxylic acids is 1. The fourth-order valence-electron chi connectivity index (χ4n) is 2.22. The van der Waals surface area contributed by atoms with Crippen molar-refractivity contribution >= 4 is 23.7 Å². The van der Waals surface area contributed by atoms with E-state index in [-0.39, 0.29) is 37.4 Å². The topological polar surface area (TPSA) is 105 Å². The van der Waals surface area contributed by atoms with Crippen LogP contribution in [0.1, 0.15) is 38.7 Å². The van der Waals surface area contributed by atoms with E-state index in [9.17, 15) is 27.6 Å². The van der Waals surface area contributed by atoms with Crippen molar-refractivity contribution in [2.75, 3.05) is 11.9 Å². The van der Waals surface area contributed by atoms with Crippen molar-refractivity contribution < 1.29 is 37.4 Å². The monoisotopic (exact) mass is 404 g/mol. The first kappa shape index (κ1) is 23.3. The van der Waals surface area contributed by atoms with Crippen molar-refractivity contribution in [3.63, 3.8) is 0 Å². The maximum Gasteiger partial charge on any atom is 0.416 e. The molecule has 0 saturated carbocycles. The number of halogens is 3. The molecule has 10 heteroatoms. The molecule has 0 aliphatic rings. The molecule has 0 aliphatic carbocycles. The summed E-state index contributed by atoms with van der Waals surface area (Å²) in [6, 6.07) is 3.79. The first-order chi connectivity index (χ1) is 13.0. The number of hydrogen-bond acceptors (Lipinski definition) is 4. The van der Waals surface area contributed by atoms with Crippen LogP contribution in [-0.2, 0) is 20.5 Å². The molecule has 3 N–H and O–H groups in total. The van der Waals surface area contributed by atoms with Crippen LogP contribution >= 0.6 is 0 Å². The number of amides is 2. The number of rotatable bonds is 9. The summed E-state index contributed by atoms with van der Waals surface area (Å²) in [5.41, 5.74) is -0.770. The number of anilines is 1. The highest BCUT2D eigenvalue weighted by molar-refractivity contribution is 5.88. The van der Waals surface area contributed by atoms with Gasteiger partial charge in [0.15, 0.2) is 6.10 Å². The van der Waals surface area contributed by atoms with E-state index in [4.69, 9.17) is 9.84 Å². The van der Waals surface area contributed by atoms with Gasteiger partial charge in [-0.05, 0) is 43.0 Å². The summed E-state index contributed by atoms with van der Waals surface area (Å²) in [6.07, 6.45) is -6.23. The zero-order valence-corrected chi connectivity index (χ0v) is 15.5. The van der Waals surface area contributed by atoms with Crippen molar-refractivity contribution in [3.05, 3.63) is 29.8 Å². The smallest absolute Gasteiger partial charge is 0.416 e. The Hall–Kier alpha value is -2.78. The van der Waals surface area contributed by atoms with Crippen LogP contribution in [0, 0.1) is 5.92 Å². The fourth-order valence-corrected chi connectivity index (χ4v) is 2.22. The summed E-state index contributed by atoms with van der Waals surface area (Å²) in [6.45, 7) is 3.76. The predicted molar refractivity (Wildman–Crippen MR) is 94.7 cm³/mol. The maximum absolute atomic E-state index is 12.5. The number of ether oxygens (including phenoxy) is 1. The number of benzene rings is 1. The lowest BCUT2D eigenvalue weighted by atomic mass is 10.1. The van der Waals surface area contributed by atoms with Crippen molar-refractivity contribution in [2.45, 2.75) is 45.4 Å². The van der Waals surface area contributed by atoms with Crippen molar-refractivity contribution in [1.82, 2.24) is 5.32 Å². The van der Waals surface area contributed by atoms with Crippen LogP contribution < -0.4 is 10.6 Å². The molecule has 1 atom stereocenters. The third-order valence-corrected chi connectivity index (χ3v) is 3.55. The molecule has 156 valence electrons. The lowest BCUT2D eigenvalue weighted by molar-refractivity contribution is -0.138. The van der Waals surface area contributed by atoms with Gasteiger partial charge in [0.1, 0.15) is 0 Å². The van der Waals surface area contributed by atoms with Crippen LogP contribution in [0.15, 0.2) is 24.3 Å². The number of carbonyl (C=O) groups excluding carboxylic acids is 2. The van der Waals surface area contributed by atoms with Crippen LogP contribution in [0.2, 0.25) is 0 Å².